The Labute approximate surface area is 136 Å². The van der Waals surface area contributed by atoms with Gasteiger partial charge < -0.3 is 9.67 Å². The summed E-state index contributed by atoms with van der Waals surface area (Å²) in [7, 11) is -1.94. The largest absolute Gasteiger partial charge is 0.481 e. The number of fused-ring (bicyclic) bond motifs is 1. The van der Waals surface area contributed by atoms with Gasteiger partial charge >= 0.3 is 5.97 Å². The molecule has 0 aliphatic rings. The van der Waals surface area contributed by atoms with Crippen LogP contribution in [0.4, 0.5) is 0 Å². The number of carboxylic acids is 1. The van der Waals surface area contributed by atoms with Crippen molar-refractivity contribution in [1.29, 1.82) is 0 Å². The van der Waals surface area contributed by atoms with Crippen molar-refractivity contribution in [2.75, 3.05) is 0 Å². The van der Waals surface area contributed by atoms with Gasteiger partial charge in [-0.25, -0.2) is 13.1 Å². The molecule has 1 heterocycles. The molecule has 2 rings (SSSR count). The number of rotatable bonds is 6. The van der Waals surface area contributed by atoms with E-state index in [0.717, 1.165) is 5.52 Å². The van der Waals surface area contributed by atoms with Gasteiger partial charge in [-0.1, -0.05) is 18.2 Å². The van der Waals surface area contributed by atoms with Crippen LogP contribution in [0.25, 0.3) is 10.9 Å². The Bertz CT molecular complexity index is 850. The number of nitrogens with one attached hydrogen (secondary N) is 1. The van der Waals surface area contributed by atoms with Crippen molar-refractivity contribution in [2.24, 2.45) is 7.05 Å². The number of aryl methyl sites for hydroxylation is 1. The zero-order valence-electron chi connectivity index (χ0n) is 13.8. The van der Waals surface area contributed by atoms with Crippen LogP contribution in [0.3, 0.4) is 0 Å². The molecule has 0 aliphatic heterocycles. The lowest BCUT2D eigenvalue weighted by molar-refractivity contribution is -0.137. The topological polar surface area (TPSA) is 88.4 Å². The molecule has 0 amide bonds. The first-order chi connectivity index (χ1) is 10.6. The van der Waals surface area contributed by atoms with Gasteiger partial charge in [0.2, 0.25) is 10.0 Å². The van der Waals surface area contributed by atoms with Crippen LogP contribution in [0, 0.1) is 6.92 Å². The number of aliphatic carboxylic acids is 1. The smallest absolute Gasteiger partial charge is 0.303 e. The molecule has 7 heteroatoms. The zero-order chi connectivity index (χ0) is 17.4. The second kappa shape index (κ2) is 5.98. The summed E-state index contributed by atoms with van der Waals surface area (Å²) in [5, 5.41) is 9.46. The number of carboxylic acid groups (broad SMARTS) is 1. The molecule has 2 N–H and O–H groups in total. The summed E-state index contributed by atoms with van der Waals surface area (Å²) in [5.41, 5.74) is 0.641. The lowest BCUT2D eigenvalue weighted by atomic mass is 10.0. The van der Waals surface area contributed by atoms with Gasteiger partial charge in [-0.2, -0.15) is 0 Å². The van der Waals surface area contributed by atoms with Gasteiger partial charge in [-0.05, 0) is 33.3 Å². The average molecular weight is 338 g/mol. The third-order valence-electron chi connectivity index (χ3n) is 3.99. The number of aromatic nitrogens is 1. The van der Waals surface area contributed by atoms with E-state index >= 15 is 0 Å². The number of hydrogen-bond acceptors (Lipinski definition) is 3. The number of sulfonamides is 1. The molecule has 0 unspecified atom stereocenters. The second-order valence-electron chi connectivity index (χ2n) is 6.37. The Kier molecular flexibility index (Phi) is 4.54. The third kappa shape index (κ3) is 3.56. The van der Waals surface area contributed by atoms with E-state index in [1.807, 2.05) is 23.7 Å². The molecule has 0 saturated carbocycles. The van der Waals surface area contributed by atoms with E-state index in [-0.39, 0.29) is 17.7 Å². The minimum atomic E-state index is -3.77. The predicted octanol–water partition coefficient (Wildman–Crippen LogP) is 2.41. The highest BCUT2D eigenvalue weighted by Gasteiger charge is 2.30. The van der Waals surface area contributed by atoms with Crippen LogP contribution in [0.1, 0.15) is 32.4 Å². The molecule has 0 spiro atoms. The van der Waals surface area contributed by atoms with E-state index in [4.69, 9.17) is 5.11 Å². The molecule has 1 aromatic carbocycles. The van der Waals surface area contributed by atoms with Crippen LogP contribution in [0.15, 0.2) is 29.2 Å². The van der Waals surface area contributed by atoms with E-state index in [2.05, 4.69) is 4.72 Å². The summed E-state index contributed by atoms with van der Waals surface area (Å²) >= 11 is 0. The van der Waals surface area contributed by atoms with Crippen LogP contribution < -0.4 is 4.72 Å². The molecule has 0 saturated heterocycles. The Hall–Kier alpha value is -1.86. The molecule has 23 heavy (non-hydrogen) atoms. The Morgan fingerprint density at radius 2 is 1.91 bits per heavy atom. The van der Waals surface area contributed by atoms with Crippen molar-refractivity contribution < 1.29 is 18.3 Å². The number of carbonyl (C=O) groups is 1. The fraction of sp³-hybridized carbons (Fsp3) is 0.438. The molecule has 2 aromatic rings. The predicted molar refractivity (Wildman–Crippen MR) is 88.9 cm³/mol. The number of benzene rings is 1. The first-order valence-corrected chi connectivity index (χ1v) is 8.83. The molecule has 0 radical (unpaired) electrons. The number of para-hydroxylation sites is 1. The van der Waals surface area contributed by atoms with Gasteiger partial charge in [0.1, 0.15) is 4.90 Å². The molecular weight excluding hydrogens is 316 g/mol. The summed E-state index contributed by atoms with van der Waals surface area (Å²) in [4.78, 5) is 11.0. The van der Waals surface area contributed by atoms with Gasteiger partial charge in [0.05, 0.1) is 0 Å². The summed E-state index contributed by atoms with van der Waals surface area (Å²) in [5.74, 6) is -0.946. The quantitative estimate of drug-likeness (QED) is 0.846. The standard InChI is InChI=1S/C16H22N2O4S/c1-11-15(12-7-5-6-8-13(12)18(11)4)23(21,22)17-16(2,3)10-9-14(19)20/h5-8,17H,9-10H2,1-4H3,(H,19,20). The number of nitrogens with zero attached hydrogens (tertiary/aromatic N) is 1. The molecule has 6 nitrogen and oxygen atoms in total. The van der Waals surface area contributed by atoms with Crippen LogP contribution in [-0.2, 0) is 21.9 Å². The van der Waals surface area contributed by atoms with Gasteiger partial charge in [0.25, 0.3) is 0 Å². The van der Waals surface area contributed by atoms with Gasteiger partial charge in [-0.15, -0.1) is 0 Å². The molecule has 1 aromatic heterocycles. The maximum Gasteiger partial charge on any atom is 0.303 e. The Morgan fingerprint density at radius 1 is 1.30 bits per heavy atom. The van der Waals surface area contributed by atoms with Crippen LogP contribution in [-0.4, -0.2) is 29.6 Å². The Morgan fingerprint density at radius 3 is 2.52 bits per heavy atom. The average Bonchev–Trinajstić information content (AvgIpc) is 2.69. The molecule has 0 aliphatic carbocycles. The van der Waals surface area contributed by atoms with E-state index < -0.39 is 21.5 Å². The molecule has 0 atom stereocenters. The fourth-order valence-electron chi connectivity index (χ4n) is 2.71. The van der Waals surface area contributed by atoms with E-state index in [1.165, 1.54) is 0 Å². The highest BCUT2D eigenvalue weighted by Crippen LogP contribution is 2.30. The van der Waals surface area contributed by atoms with E-state index in [0.29, 0.717) is 11.1 Å². The van der Waals surface area contributed by atoms with Gasteiger partial charge in [0.15, 0.2) is 0 Å². The van der Waals surface area contributed by atoms with Crippen molar-refractivity contribution in [3.05, 3.63) is 30.0 Å². The number of hydrogen-bond donors (Lipinski definition) is 2. The third-order valence-corrected chi connectivity index (χ3v) is 5.86. The summed E-state index contributed by atoms with van der Waals surface area (Å²) < 4.78 is 30.2. The monoisotopic (exact) mass is 338 g/mol. The van der Waals surface area contributed by atoms with Crippen molar-refractivity contribution in [3.63, 3.8) is 0 Å². The lowest BCUT2D eigenvalue weighted by Gasteiger charge is -2.25. The van der Waals surface area contributed by atoms with Gasteiger partial charge in [-0.3, -0.25) is 4.79 Å². The molecular formula is C16H22N2O4S. The van der Waals surface area contributed by atoms with Crippen LogP contribution in [0.2, 0.25) is 0 Å². The summed E-state index contributed by atoms with van der Waals surface area (Å²) in [6.07, 6.45) is 0.120. The van der Waals surface area contributed by atoms with Crippen molar-refractivity contribution in [3.8, 4) is 0 Å². The van der Waals surface area contributed by atoms with Crippen molar-refractivity contribution in [2.45, 2.75) is 44.0 Å². The fourth-order valence-corrected chi connectivity index (χ4v) is 4.63. The van der Waals surface area contributed by atoms with Crippen LogP contribution in [0.5, 0.6) is 0 Å². The zero-order valence-corrected chi connectivity index (χ0v) is 14.6. The SMILES string of the molecule is Cc1c(S(=O)(=O)NC(C)(C)CCC(=O)O)c2ccccc2n1C. The normalized spacial score (nSPS) is 12.7. The van der Waals surface area contributed by atoms with E-state index in [9.17, 15) is 13.2 Å². The summed E-state index contributed by atoms with van der Waals surface area (Å²) in [6.45, 7) is 5.14. The second-order valence-corrected chi connectivity index (χ2v) is 7.99. The maximum atomic E-state index is 12.9. The maximum absolute atomic E-state index is 12.9. The minimum Gasteiger partial charge on any atom is -0.481 e. The highest BCUT2D eigenvalue weighted by atomic mass is 32.2. The van der Waals surface area contributed by atoms with Crippen molar-refractivity contribution >= 4 is 26.9 Å². The first-order valence-electron chi connectivity index (χ1n) is 7.35. The molecule has 0 bridgehead atoms. The van der Waals surface area contributed by atoms with Crippen molar-refractivity contribution in [1.82, 2.24) is 9.29 Å². The van der Waals surface area contributed by atoms with E-state index in [1.54, 1.807) is 32.9 Å². The van der Waals surface area contributed by atoms with Gasteiger partial charge in [0, 0.05) is 35.6 Å². The lowest BCUT2D eigenvalue weighted by Crippen LogP contribution is -2.43. The Balaban J connectivity index is 2.45. The summed E-state index contributed by atoms with van der Waals surface area (Å²) in [6, 6.07) is 7.32. The molecule has 0 fully saturated rings. The minimum absolute atomic E-state index is 0.0932. The highest BCUT2D eigenvalue weighted by molar-refractivity contribution is 7.89. The van der Waals surface area contributed by atoms with Crippen LogP contribution >= 0.6 is 0 Å². The molecule has 126 valence electrons. The first kappa shape index (κ1) is 17.5.